The van der Waals surface area contributed by atoms with Crippen LogP contribution in [0, 0.1) is 13.8 Å². The largest absolute Gasteiger partial charge is 0.311 e. The fourth-order valence-corrected chi connectivity index (χ4v) is 4.10. The maximum Gasteiger partial charge on any atom is 0.254 e. The molecule has 0 aliphatic heterocycles. The second kappa shape index (κ2) is 9.56. The third-order valence-corrected chi connectivity index (χ3v) is 5.58. The highest BCUT2D eigenvalue weighted by molar-refractivity contribution is 7.98. The molecule has 0 atom stereocenters. The molecule has 0 unspecified atom stereocenters. The maximum absolute atomic E-state index is 13.0. The molecule has 0 saturated carbocycles. The van der Waals surface area contributed by atoms with E-state index in [2.05, 4.69) is 4.98 Å². The van der Waals surface area contributed by atoms with Gasteiger partial charge in [-0.25, -0.2) is 4.98 Å². The van der Waals surface area contributed by atoms with Gasteiger partial charge in [-0.05, 0) is 44.0 Å². The van der Waals surface area contributed by atoms with E-state index in [9.17, 15) is 9.59 Å². The fourth-order valence-electron chi connectivity index (χ4n) is 3.09. The first-order valence-corrected chi connectivity index (χ1v) is 10.6. The monoisotopic (exact) mass is 407 g/mol. The normalized spacial score (nSPS) is 10.7. The van der Waals surface area contributed by atoms with E-state index in [1.807, 2.05) is 68.4 Å². The Bertz CT molecular complexity index is 1050. The van der Waals surface area contributed by atoms with Crippen molar-refractivity contribution in [1.29, 1.82) is 0 Å². The Balaban J connectivity index is 1.85. The first-order chi connectivity index (χ1) is 14.0. The van der Waals surface area contributed by atoms with Gasteiger partial charge in [-0.3, -0.25) is 14.2 Å². The number of thioether (sulfide) groups is 1. The van der Waals surface area contributed by atoms with Crippen molar-refractivity contribution < 1.29 is 4.79 Å². The summed E-state index contributed by atoms with van der Waals surface area (Å²) in [6, 6.07) is 19.3. The SMILES string of the molecule is CCN(C(=O)Cn1c(SCc2ccccc2)nc(C)cc1=O)c1cccc(C)c1. The van der Waals surface area contributed by atoms with Gasteiger partial charge in [0.1, 0.15) is 6.54 Å². The molecule has 5 nitrogen and oxygen atoms in total. The van der Waals surface area contributed by atoms with E-state index in [1.165, 1.54) is 22.4 Å². The van der Waals surface area contributed by atoms with Crippen LogP contribution in [0.3, 0.4) is 0 Å². The Morgan fingerprint density at radius 3 is 2.52 bits per heavy atom. The Morgan fingerprint density at radius 1 is 1.07 bits per heavy atom. The molecule has 1 heterocycles. The summed E-state index contributed by atoms with van der Waals surface area (Å²) in [6.45, 7) is 6.22. The van der Waals surface area contributed by atoms with Gasteiger partial charge in [-0.15, -0.1) is 0 Å². The summed E-state index contributed by atoms with van der Waals surface area (Å²) >= 11 is 1.47. The van der Waals surface area contributed by atoms with Crippen molar-refractivity contribution in [2.45, 2.75) is 38.2 Å². The molecule has 0 aliphatic carbocycles. The van der Waals surface area contributed by atoms with E-state index in [1.54, 1.807) is 11.8 Å². The van der Waals surface area contributed by atoms with Crippen molar-refractivity contribution in [1.82, 2.24) is 9.55 Å². The fraction of sp³-hybridized carbons (Fsp3) is 0.261. The van der Waals surface area contributed by atoms with Gasteiger partial charge in [0.05, 0.1) is 0 Å². The topological polar surface area (TPSA) is 55.2 Å². The van der Waals surface area contributed by atoms with Gasteiger partial charge in [-0.1, -0.05) is 54.2 Å². The lowest BCUT2D eigenvalue weighted by Crippen LogP contribution is -2.37. The van der Waals surface area contributed by atoms with E-state index >= 15 is 0 Å². The van der Waals surface area contributed by atoms with Crippen LogP contribution in [0.25, 0.3) is 0 Å². The minimum Gasteiger partial charge on any atom is -0.311 e. The van der Waals surface area contributed by atoms with Crippen LogP contribution in [0.4, 0.5) is 5.69 Å². The van der Waals surface area contributed by atoms with Gasteiger partial charge in [0.2, 0.25) is 5.91 Å². The number of amides is 1. The zero-order valence-corrected chi connectivity index (χ0v) is 17.8. The molecule has 1 amide bonds. The summed E-state index contributed by atoms with van der Waals surface area (Å²) in [7, 11) is 0. The number of hydrogen-bond acceptors (Lipinski definition) is 4. The Hall–Kier alpha value is -2.86. The minimum absolute atomic E-state index is 0.0367. The van der Waals surface area contributed by atoms with Crippen LogP contribution < -0.4 is 10.5 Å². The van der Waals surface area contributed by atoms with Crippen LogP contribution in [-0.4, -0.2) is 22.0 Å². The van der Waals surface area contributed by atoms with Gasteiger partial charge in [0.25, 0.3) is 5.56 Å². The summed E-state index contributed by atoms with van der Waals surface area (Å²) < 4.78 is 1.47. The van der Waals surface area contributed by atoms with Gasteiger partial charge >= 0.3 is 0 Å². The average molecular weight is 408 g/mol. The molecule has 2 aromatic carbocycles. The van der Waals surface area contributed by atoms with Gasteiger partial charge in [-0.2, -0.15) is 0 Å². The summed E-state index contributed by atoms with van der Waals surface area (Å²) in [6.07, 6.45) is 0. The molecule has 3 rings (SSSR count). The Labute approximate surface area is 175 Å². The van der Waals surface area contributed by atoms with Crippen LogP contribution in [0.15, 0.2) is 70.6 Å². The lowest BCUT2D eigenvalue weighted by Gasteiger charge is -2.22. The van der Waals surface area contributed by atoms with Crippen LogP contribution in [0.2, 0.25) is 0 Å². The molecule has 0 bridgehead atoms. The van der Waals surface area contributed by atoms with E-state index in [-0.39, 0.29) is 18.0 Å². The zero-order valence-electron chi connectivity index (χ0n) is 17.0. The zero-order chi connectivity index (χ0) is 20.8. The number of anilines is 1. The predicted octanol–water partition coefficient (Wildman–Crippen LogP) is 4.21. The van der Waals surface area contributed by atoms with Crippen molar-refractivity contribution in [2.75, 3.05) is 11.4 Å². The summed E-state index contributed by atoms with van der Waals surface area (Å²) in [5, 5.41) is 0.562. The number of aryl methyl sites for hydroxylation is 2. The smallest absolute Gasteiger partial charge is 0.254 e. The van der Waals surface area contributed by atoms with Gasteiger partial charge < -0.3 is 4.90 Å². The molecule has 150 valence electrons. The van der Waals surface area contributed by atoms with Crippen molar-refractivity contribution in [2.24, 2.45) is 0 Å². The molecule has 0 saturated heterocycles. The molecule has 0 aliphatic rings. The van der Waals surface area contributed by atoms with E-state index < -0.39 is 0 Å². The molecular weight excluding hydrogens is 382 g/mol. The summed E-state index contributed by atoms with van der Waals surface area (Å²) in [4.78, 5) is 31.9. The third-order valence-electron chi connectivity index (χ3n) is 4.54. The lowest BCUT2D eigenvalue weighted by molar-refractivity contribution is -0.119. The number of hydrogen-bond donors (Lipinski definition) is 0. The van der Waals surface area contributed by atoms with Crippen LogP contribution in [-0.2, 0) is 17.1 Å². The molecule has 3 aromatic rings. The van der Waals surface area contributed by atoms with Crippen LogP contribution >= 0.6 is 11.8 Å². The molecule has 1 aromatic heterocycles. The number of nitrogens with zero attached hydrogens (tertiary/aromatic N) is 3. The average Bonchev–Trinajstić information content (AvgIpc) is 2.70. The molecule has 6 heteroatoms. The number of rotatable bonds is 7. The van der Waals surface area contributed by atoms with Crippen LogP contribution in [0.1, 0.15) is 23.7 Å². The second-order valence-corrected chi connectivity index (χ2v) is 7.80. The number of aromatic nitrogens is 2. The van der Waals surface area contributed by atoms with Gasteiger partial charge in [0, 0.05) is 29.7 Å². The van der Waals surface area contributed by atoms with Crippen molar-refractivity contribution in [3.05, 3.63) is 87.8 Å². The number of benzene rings is 2. The highest BCUT2D eigenvalue weighted by atomic mass is 32.2. The maximum atomic E-state index is 13.0. The summed E-state index contributed by atoms with van der Waals surface area (Å²) in [5.41, 5.74) is 3.51. The van der Waals surface area contributed by atoms with E-state index in [0.29, 0.717) is 23.1 Å². The standard InChI is InChI=1S/C23H25N3O2S/c1-4-25(20-12-8-9-17(2)13-20)22(28)15-26-21(27)14-18(3)24-23(26)29-16-19-10-6-5-7-11-19/h5-14H,4,15-16H2,1-3H3. The Kier molecular flexibility index (Phi) is 6.88. The van der Waals surface area contributed by atoms with E-state index in [4.69, 9.17) is 0 Å². The summed E-state index contributed by atoms with van der Waals surface area (Å²) in [5.74, 6) is 0.549. The van der Waals surface area contributed by atoms with Gasteiger partial charge in [0.15, 0.2) is 5.16 Å². The molecular formula is C23H25N3O2S. The highest BCUT2D eigenvalue weighted by Gasteiger charge is 2.18. The minimum atomic E-state index is -0.207. The first kappa shape index (κ1) is 20.9. The first-order valence-electron chi connectivity index (χ1n) is 9.60. The third kappa shape index (κ3) is 5.35. The number of carbonyl (C=O) groups excluding carboxylic acids is 1. The quantitative estimate of drug-likeness (QED) is 0.435. The second-order valence-electron chi connectivity index (χ2n) is 6.86. The number of likely N-dealkylation sites (N-methyl/N-ethyl adjacent to an activating group) is 1. The number of carbonyl (C=O) groups is 1. The van der Waals surface area contributed by atoms with Crippen LogP contribution in [0.5, 0.6) is 0 Å². The van der Waals surface area contributed by atoms with Crippen molar-refractivity contribution >= 4 is 23.4 Å². The molecule has 0 N–H and O–H groups in total. The molecule has 0 radical (unpaired) electrons. The Morgan fingerprint density at radius 2 is 1.83 bits per heavy atom. The predicted molar refractivity (Wildman–Crippen MR) is 118 cm³/mol. The molecule has 0 spiro atoms. The highest BCUT2D eigenvalue weighted by Crippen LogP contribution is 2.21. The lowest BCUT2D eigenvalue weighted by atomic mass is 10.2. The van der Waals surface area contributed by atoms with Crippen molar-refractivity contribution in [3.63, 3.8) is 0 Å². The molecule has 0 fully saturated rings. The molecule has 29 heavy (non-hydrogen) atoms. The van der Waals surface area contributed by atoms with Crippen molar-refractivity contribution in [3.8, 4) is 0 Å². The van der Waals surface area contributed by atoms with E-state index in [0.717, 1.165) is 16.8 Å².